The van der Waals surface area contributed by atoms with E-state index < -0.39 is 5.97 Å². The molecule has 0 bridgehead atoms. The lowest BCUT2D eigenvalue weighted by atomic mass is 10.2. The summed E-state index contributed by atoms with van der Waals surface area (Å²) in [4.78, 5) is 10.4. The first-order valence-electron chi connectivity index (χ1n) is 2.79. The molecule has 0 saturated carbocycles. The van der Waals surface area contributed by atoms with Gasteiger partial charge in [0, 0.05) is 3.57 Å². The Bertz CT molecular complexity index is 298. The molecule has 0 aliphatic rings. The fraction of sp³-hybridized carbons (Fsp3) is 0. The molecule has 1 N–H and O–H groups in total. The van der Waals surface area contributed by atoms with Crippen LogP contribution in [-0.4, -0.2) is 11.1 Å². The van der Waals surface area contributed by atoms with Crippen LogP contribution >= 0.6 is 34.2 Å². The monoisotopic (exact) mass is 282 g/mol. The van der Waals surface area contributed by atoms with Crippen molar-refractivity contribution in [3.63, 3.8) is 0 Å². The predicted octanol–water partition coefficient (Wildman–Crippen LogP) is 2.64. The van der Waals surface area contributed by atoms with E-state index >= 15 is 0 Å². The van der Waals surface area contributed by atoms with Gasteiger partial charge in [-0.25, -0.2) is 4.79 Å². The van der Waals surface area contributed by atoms with E-state index in [4.69, 9.17) is 16.7 Å². The van der Waals surface area contributed by atoms with Gasteiger partial charge >= 0.3 is 5.97 Å². The number of halogens is 2. The molecular weight excluding hydrogens is 278 g/mol. The van der Waals surface area contributed by atoms with Crippen molar-refractivity contribution >= 4 is 40.2 Å². The van der Waals surface area contributed by atoms with Crippen LogP contribution < -0.4 is 0 Å². The Kier molecular flexibility index (Phi) is 2.72. The standard InChI is InChI=1S/C7H4ClIO2/c8-5-3-4(7(10)11)1-2-6(5)9/h1-3H,(H,10,11). The molecule has 0 spiro atoms. The summed E-state index contributed by atoms with van der Waals surface area (Å²) in [5, 5.41) is 9.02. The van der Waals surface area contributed by atoms with Crippen molar-refractivity contribution < 1.29 is 9.90 Å². The van der Waals surface area contributed by atoms with Gasteiger partial charge in [0.15, 0.2) is 0 Å². The molecule has 0 amide bonds. The van der Waals surface area contributed by atoms with Gasteiger partial charge in [0.05, 0.1) is 10.6 Å². The second-order valence-corrected chi connectivity index (χ2v) is 3.50. The third kappa shape index (κ3) is 2.07. The maximum Gasteiger partial charge on any atom is 0.335 e. The van der Waals surface area contributed by atoms with Crippen molar-refractivity contribution in [2.24, 2.45) is 0 Å². The van der Waals surface area contributed by atoms with Crippen molar-refractivity contribution in [3.8, 4) is 0 Å². The molecule has 1 aromatic carbocycles. The van der Waals surface area contributed by atoms with Gasteiger partial charge in [0.2, 0.25) is 0 Å². The van der Waals surface area contributed by atoms with Gasteiger partial charge in [-0.2, -0.15) is 0 Å². The fourth-order valence-corrected chi connectivity index (χ4v) is 1.15. The molecule has 0 radical (unpaired) electrons. The summed E-state index contributed by atoms with van der Waals surface area (Å²) in [5.74, 6) is -0.955. The van der Waals surface area contributed by atoms with Gasteiger partial charge in [0.1, 0.15) is 0 Å². The molecule has 0 unspecified atom stereocenters. The number of carbonyl (C=O) groups is 1. The van der Waals surface area contributed by atoms with Crippen LogP contribution in [0.25, 0.3) is 0 Å². The maximum atomic E-state index is 10.4. The molecule has 1 rings (SSSR count). The van der Waals surface area contributed by atoms with E-state index in [1.54, 1.807) is 6.07 Å². The van der Waals surface area contributed by atoms with Crippen LogP contribution in [0.1, 0.15) is 10.4 Å². The highest BCUT2D eigenvalue weighted by Gasteiger charge is 2.04. The average Bonchev–Trinajstić information content (AvgIpc) is 1.94. The van der Waals surface area contributed by atoms with Crippen LogP contribution in [0.4, 0.5) is 0 Å². The Morgan fingerprint density at radius 1 is 1.55 bits per heavy atom. The Morgan fingerprint density at radius 2 is 2.18 bits per heavy atom. The zero-order valence-corrected chi connectivity index (χ0v) is 8.26. The van der Waals surface area contributed by atoms with Gasteiger partial charge in [-0.1, -0.05) is 11.6 Å². The third-order valence-corrected chi connectivity index (χ3v) is 2.74. The summed E-state index contributed by atoms with van der Waals surface area (Å²) < 4.78 is 0.856. The molecule has 11 heavy (non-hydrogen) atoms. The molecule has 0 aliphatic carbocycles. The quantitative estimate of drug-likeness (QED) is 0.804. The number of benzene rings is 1. The second-order valence-electron chi connectivity index (χ2n) is 1.93. The zero-order chi connectivity index (χ0) is 8.43. The van der Waals surface area contributed by atoms with E-state index in [2.05, 4.69) is 0 Å². The fourth-order valence-electron chi connectivity index (χ4n) is 0.629. The minimum absolute atomic E-state index is 0.218. The first-order chi connectivity index (χ1) is 5.11. The number of carboxylic acid groups (broad SMARTS) is 1. The molecular formula is C7H4ClIO2. The Hall–Kier alpha value is -0.290. The van der Waals surface area contributed by atoms with Gasteiger partial charge in [-0.15, -0.1) is 0 Å². The first kappa shape index (κ1) is 8.80. The summed E-state index contributed by atoms with van der Waals surface area (Å²) in [6, 6.07) is 4.63. The van der Waals surface area contributed by atoms with E-state index in [-0.39, 0.29) is 5.56 Å². The third-order valence-electron chi connectivity index (χ3n) is 1.17. The van der Waals surface area contributed by atoms with Crippen LogP contribution in [0.2, 0.25) is 5.02 Å². The lowest BCUT2D eigenvalue weighted by Gasteiger charge is -1.96. The Morgan fingerprint density at radius 3 is 2.64 bits per heavy atom. The molecule has 2 nitrogen and oxygen atoms in total. The summed E-state index contributed by atoms with van der Waals surface area (Å²) in [5.41, 5.74) is 0.218. The topological polar surface area (TPSA) is 37.3 Å². The minimum atomic E-state index is -0.955. The largest absolute Gasteiger partial charge is 0.478 e. The van der Waals surface area contributed by atoms with Gasteiger partial charge in [-0.05, 0) is 40.8 Å². The lowest BCUT2D eigenvalue weighted by Crippen LogP contribution is -1.95. The van der Waals surface area contributed by atoms with Crippen LogP contribution in [0.15, 0.2) is 18.2 Å². The second kappa shape index (κ2) is 3.40. The van der Waals surface area contributed by atoms with E-state index in [1.807, 2.05) is 22.6 Å². The highest BCUT2D eigenvalue weighted by Crippen LogP contribution is 2.19. The van der Waals surface area contributed by atoms with Gasteiger partial charge in [-0.3, -0.25) is 0 Å². The van der Waals surface area contributed by atoms with E-state index in [0.29, 0.717) is 5.02 Å². The SMILES string of the molecule is O=C(O)c1ccc(I)c(Cl)c1. The van der Waals surface area contributed by atoms with Crippen molar-refractivity contribution in [1.29, 1.82) is 0 Å². The molecule has 0 saturated heterocycles. The molecule has 0 heterocycles. The maximum absolute atomic E-state index is 10.4. The number of aromatic carboxylic acids is 1. The molecule has 1 aromatic rings. The van der Waals surface area contributed by atoms with Crippen LogP contribution in [-0.2, 0) is 0 Å². The van der Waals surface area contributed by atoms with Crippen molar-refractivity contribution in [1.82, 2.24) is 0 Å². The number of rotatable bonds is 1. The van der Waals surface area contributed by atoms with Gasteiger partial charge in [0.25, 0.3) is 0 Å². The highest BCUT2D eigenvalue weighted by atomic mass is 127. The molecule has 0 aliphatic heterocycles. The molecule has 58 valence electrons. The Balaban J connectivity index is 3.15. The summed E-state index contributed by atoms with van der Waals surface area (Å²) >= 11 is 7.73. The van der Waals surface area contributed by atoms with Crippen molar-refractivity contribution in [2.75, 3.05) is 0 Å². The Labute approximate surface area is 82.3 Å². The normalized spacial score (nSPS) is 9.64. The summed E-state index contributed by atoms with van der Waals surface area (Å²) in [6.45, 7) is 0. The minimum Gasteiger partial charge on any atom is -0.478 e. The van der Waals surface area contributed by atoms with E-state index in [0.717, 1.165) is 3.57 Å². The zero-order valence-electron chi connectivity index (χ0n) is 5.34. The van der Waals surface area contributed by atoms with E-state index in [9.17, 15) is 4.79 Å². The molecule has 0 fully saturated rings. The van der Waals surface area contributed by atoms with Crippen molar-refractivity contribution in [3.05, 3.63) is 32.4 Å². The lowest BCUT2D eigenvalue weighted by molar-refractivity contribution is 0.0697. The highest BCUT2D eigenvalue weighted by molar-refractivity contribution is 14.1. The molecule has 0 aromatic heterocycles. The van der Waals surface area contributed by atoms with E-state index in [1.165, 1.54) is 12.1 Å². The van der Waals surface area contributed by atoms with Crippen LogP contribution in [0.3, 0.4) is 0 Å². The number of carboxylic acids is 1. The number of hydrogen-bond donors (Lipinski definition) is 1. The van der Waals surface area contributed by atoms with Crippen molar-refractivity contribution in [2.45, 2.75) is 0 Å². The average molecular weight is 282 g/mol. The van der Waals surface area contributed by atoms with Crippen LogP contribution in [0, 0.1) is 3.57 Å². The first-order valence-corrected chi connectivity index (χ1v) is 4.25. The van der Waals surface area contributed by atoms with Gasteiger partial charge < -0.3 is 5.11 Å². The summed E-state index contributed by atoms with van der Waals surface area (Å²) in [7, 11) is 0. The number of hydrogen-bond acceptors (Lipinski definition) is 1. The molecule has 0 atom stereocenters. The molecule has 4 heteroatoms. The van der Waals surface area contributed by atoms with Crippen LogP contribution in [0.5, 0.6) is 0 Å². The predicted molar refractivity (Wildman–Crippen MR) is 51.1 cm³/mol. The smallest absolute Gasteiger partial charge is 0.335 e. The summed E-state index contributed by atoms with van der Waals surface area (Å²) in [6.07, 6.45) is 0.